The van der Waals surface area contributed by atoms with E-state index in [1.54, 1.807) is 7.05 Å². The van der Waals surface area contributed by atoms with Crippen molar-refractivity contribution in [3.63, 3.8) is 0 Å². The van der Waals surface area contributed by atoms with Gasteiger partial charge in [-0.1, -0.05) is 54.1 Å². The molecule has 4 heteroatoms. The van der Waals surface area contributed by atoms with Crippen molar-refractivity contribution in [3.8, 4) is 0 Å². The zero-order valence-corrected chi connectivity index (χ0v) is 12.3. The van der Waals surface area contributed by atoms with E-state index < -0.39 is 0 Å². The Morgan fingerprint density at radius 3 is 2.76 bits per heavy atom. The van der Waals surface area contributed by atoms with Crippen LogP contribution in [0.25, 0.3) is 0 Å². The molecule has 1 aromatic carbocycles. The summed E-state index contributed by atoms with van der Waals surface area (Å²) in [5.74, 6) is -0.325. The number of nitrogens with two attached hydrogens (primary N) is 1. The predicted octanol–water partition coefficient (Wildman–Crippen LogP) is 1.92. The van der Waals surface area contributed by atoms with Crippen molar-refractivity contribution in [1.82, 2.24) is 5.32 Å². The van der Waals surface area contributed by atoms with Gasteiger partial charge >= 0.3 is 0 Å². The van der Waals surface area contributed by atoms with E-state index in [0.29, 0.717) is 13.0 Å². The van der Waals surface area contributed by atoms with Crippen LogP contribution in [-0.2, 0) is 16.1 Å². The second-order valence-electron chi connectivity index (χ2n) is 5.16. The molecule has 21 heavy (non-hydrogen) atoms. The lowest BCUT2D eigenvalue weighted by molar-refractivity contribution is -0.119. The lowest BCUT2D eigenvalue weighted by Crippen LogP contribution is -2.39. The van der Waals surface area contributed by atoms with Crippen molar-refractivity contribution in [1.29, 1.82) is 0 Å². The zero-order chi connectivity index (χ0) is 15.1. The van der Waals surface area contributed by atoms with Gasteiger partial charge in [0.05, 0.1) is 18.8 Å². The van der Waals surface area contributed by atoms with Crippen LogP contribution in [0, 0.1) is 0 Å². The maximum Gasteiger partial charge on any atom is 0.234 e. The van der Waals surface area contributed by atoms with Gasteiger partial charge in [-0.25, -0.2) is 0 Å². The highest BCUT2D eigenvalue weighted by atomic mass is 16.5. The summed E-state index contributed by atoms with van der Waals surface area (Å²) in [6.45, 7) is 0.611. The van der Waals surface area contributed by atoms with E-state index in [2.05, 4.69) is 23.5 Å². The van der Waals surface area contributed by atoms with Crippen molar-refractivity contribution in [2.75, 3.05) is 7.05 Å². The third-order valence-corrected chi connectivity index (χ3v) is 3.58. The molecule has 1 unspecified atom stereocenters. The number of carbonyl (C=O) groups excluding carboxylic acids is 1. The molecule has 0 aliphatic heterocycles. The van der Waals surface area contributed by atoms with Crippen molar-refractivity contribution in [2.45, 2.75) is 31.6 Å². The Morgan fingerprint density at radius 1 is 1.43 bits per heavy atom. The van der Waals surface area contributed by atoms with Gasteiger partial charge in [0.25, 0.3) is 0 Å². The molecule has 1 aromatic rings. The van der Waals surface area contributed by atoms with E-state index in [4.69, 9.17) is 10.5 Å². The van der Waals surface area contributed by atoms with Crippen LogP contribution in [0.3, 0.4) is 0 Å². The fraction of sp³-hybridized carbons (Fsp3) is 0.353. The minimum Gasteiger partial charge on any atom is -0.369 e. The van der Waals surface area contributed by atoms with E-state index in [1.807, 2.05) is 30.4 Å². The van der Waals surface area contributed by atoms with Crippen molar-refractivity contribution in [2.24, 2.45) is 5.73 Å². The van der Waals surface area contributed by atoms with Crippen LogP contribution < -0.4 is 11.1 Å². The van der Waals surface area contributed by atoms with Gasteiger partial charge in [-0.2, -0.15) is 0 Å². The van der Waals surface area contributed by atoms with E-state index in [9.17, 15) is 4.79 Å². The van der Waals surface area contributed by atoms with Gasteiger partial charge < -0.3 is 15.8 Å². The molecule has 1 amide bonds. The van der Waals surface area contributed by atoms with Gasteiger partial charge in [-0.05, 0) is 25.5 Å². The first kappa shape index (κ1) is 15.5. The number of hydrogen-bond acceptors (Lipinski definition) is 3. The smallest absolute Gasteiger partial charge is 0.234 e. The maximum atomic E-state index is 11.2. The number of amides is 1. The molecule has 3 N–H and O–H groups in total. The minimum atomic E-state index is -0.325. The molecular formula is C17H22N2O2. The largest absolute Gasteiger partial charge is 0.369 e. The topological polar surface area (TPSA) is 64.3 Å². The first-order chi connectivity index (χ1) is 10.2. The number of allylic oxidation sites excluding steroid dienone is 1. The van der Waals surface area contributed by atoms with Crippen LogP contribution in [0.1, 0.15) is 18.4 Å². The quantitative estimate of drug-likeness (QED) is 0.805. The second-order valence-corrected chi connectivity index (χ2v) is 5.16. The number of hydrogen-bond donors (Lipinski definition) is 2. The third-order valence-electron chi connectivity index (χ3n) is 3.58. The summed E-state index contributed by atoms with van der Waals surface area (Å²) in [5, 5.41) is 2.93. The molecular weight excluding hydrogens is 264 g/mol. The van der Waals surface area contributed by atoms with Crippen molar-refractivity contribution in [3.05, 3.63) is 59.7 Å². The monoisotopic (exact) mass is 286 g/mol. The Hall–Kier alpha value is -1.91. The summed E-state index contributed by atoms with van der Waals surface area (Å²) in [5.41, 5.74) is 7.62. The minimum absolute atomic E-state index is 0.0931. The highest BCUT2D eigenvalue weighted by molar-refractivity contribution is 5.80. The third kappa shape index (κ3) is 4.85. The first-order valence-corrected chi connectivity index (χ1v) is 7.18. The fourth-order valence-electron chi connectivity index (χ4n) is 2.28. The molecule has 112 valence electrons. The zero-order valence-electron chi connectivity index (χ0n) is 12.3. The van der Waals surface area contributed by atoms with Gasteiger partial charge in [-0.3, -0.25) is 4.79 Å². The fourth-order valence-corrected chi connectivity index (χ4v) is 2.28. The molecule has 2 rings (SSSR count). The van der Waals surface area contributed by atoms with E-state index >= 15 is 0 Å². The van der Waals surface area contributed by atoms with E-state index in [-0.39, 0.29) is 18.1 Å². The number of primary amides is 1. The number of benzene rings is 1. The highest BCUT2D eigenvalue weighted by Crippen LogP contribution is 2.18. The van der Waals surface area contributed by atoms with Gasteiger partial charge in [0.1, 0.15) is 0 Å². The van der Waals surface area contributed by atoms with Gasteiger partial charge in [0, 0.05) is 0 Å². The number of carbonyl (C=O) groups is 1. The molecule has 0 fully saturated rings. The molecule has 0 heterocycles. The van der Waals surface area contributed by atoms with Gasteiger partial charge in [0.15, 0.2) is 0 Å². The molecule has 0 bridgehead atoms. The Labute approximate surface area is 125 Å². The van der Waals surface area contributed by atoms with Crippen LogP contribution in [0.5, 0.6) is 0 Å². The Kier molecular flexibility index (Phi) is 5.72. The van der Waals surface area contributed by atoms with Crippen molar-refractivity contribution >= 4 is 5.91 Å². The predicted molar refractivity (Wildman–Crippen MR) is 83.5 cm³/mol. The van der Waals surface area contributed by atoms with Crippen LogP contribution >= 0.6 is 0 Å². The summed E-state index contributed by atoms with van der Waals surface area (Å²) in [4.78, 5) is 11.2. The lowest BCUT2D eigenvalue weighted by atomic mass is 9.98. The normalized spacial score (nSPS) is 19.1. The standard InChI is InChI=1S/C17H22N2O2/c1-19-16(17(18)20)11-13-7-9-15(10-8-13)21-12-14-5-3-2-4-6-14/h2-9,15-16,19H,10-12H2,1H3,(H2,18,20)/t15?,16-/m1/s1. The number of rotatable bonds is 7. The Morgan fingerprint density at radius 2 is 2.19 bits per heavy atom. The molecule has 0 radical (unpaired) electrons. The Bertz CT molecular complexity index is 523. The summed E-state index contributed by atoms with van der Waals surface area (Å²) >= 11 is 0. The highest BCUT2D eigenvalue weighted by Gasteiger charge is 2.16. The molecule has 2 atom stereocenters. The average molecular weight is 286 g/mol. The summed E-state index contributed by atoms with van der Waals surface area (Å²) in [6, 6.07) is 9.80. The molecule has 1 aliphatic rings. The maximum absolute atomic E-state index is 11.2. The van der Waals surface area contributed by atoms with Crippen LogP contribution in [0.4, 0.5) is 0 Å². The van der Waals surface area contributed by atoms with Crippen LogP contribution in [0.2, 0.25) is 0 Å². The number of likely N-dealkylation sites (N-methyl/N-ethyl adjacent to an activating group) is 1. The Balaban J connectivity index is 1.80. The molecule has 0 saturated carbocycles. The molecule has 0 aromatic heterocycles. The molecule has 4 nitrogen and oxygen atoms in total. The number of nitrogens with one attached hydrogen (secondary N) is 1. The van der Waals surface area contributed by atoms with Crippen molar-refractivity contribution < 1.29 is 9.53 Å². The number of ether oxygens (including phenoxy) is 1. The molecule has 0 spiro atoms. The first-order valence-electron chi connectivity index (χ1n) is 7.18. The molecule has 0 saturated heterocycles. The second kappa shape index (κ2) is 7.76. The lowest BCUT2D eigenvalue weighted by Gasteiger charge is -2.19. The summed E-state index contributed by atoms with van der Waals surface area (Å²) in [6.07, 6.45) is 7.72. The van der Waals surface area contributed by atoms with E-state index in [0.717, 1.165) is 12.0 Å². The summed E-state index contributed by atoms with van der Waals surface area (Å²) in [7, 11) is 1.74. The van der Waals surface area contributed by atoms with Gasteiger partial charge in [-0.15, -0.1) is 0 Å². The van der Waals surface area contributed by atoms with Crippen LogP contribution in [0.15, 0.2) is 54.1 Å². The molecule has 1 aliphatic carbocycles. The average Bonchev–Trinajstić information content (AvgIpc) is 2.52. The SMILES string of the molecule is CN[C@H](CC1=CCC(OCc2ccccc2)C=C1)C(N)=O. The summed E-state index contributed by atoms with van der Waals surface area (Å²) < 4.78 is 5.86. The van der Waals surface area contributed by atoms with E-state index in [1.165, 1.54) is 5.56 Å². The van der Waals surface area contributed by atoms with Gasteiger partial charge in [0.2, 0.25) is 5.91 Å². The van der Waals surface area contributed by atoms with Crippen LogP contribution in [-0.4, -0.2) is 25.1 Å².